The minimum absolute atomic E-state index is 0.0156. The fourth-order valence-corrected chi connectivity index (χ4v) is 0.989. The molecular weight excluding hydrogens is 208 g/mol. The molecule has 0 N–H and O–H groups in total. The molecule has 2 nitrogen and oxygen atoms in total. The van der Waals surface area contributed by atoms with Crippen LogP contribution in [0.3, 0.4) is 0 Å². The van der Waals surface area contributed by atoms with E-state index in [4.69, 9.17) is 4.42 Å². The molecule has 0 spiro atoms. The van der Waals surface area contributed by atoms with Crippen molar-refractivity contribution in [2.75, 3.05) is 0 Å². The van der Waals surface area contributed by atoms with Crippen molar-refractivity contribution in [3.63, 3.8) is 0 Å². The Hall–Kier alpha value is -0.570. The number of hydrogen-bond donors (Lipinski definition) is 0. The Morgan fingerprint density at radius 3 is 2.64 bits per heavy atom. The number of Topliss-reactive ketones (excluding diaryl/α,β-unsaturated/α-hetero) is 1. The molecule has 60 valence electrons. The van der Waals surface area contributed by atoms with E-state index in [1.165, 1.54) is 0 Å². The van der Waals surface area contributed by atoms with Gasteiger partial charge in [0, 0.05) is 0 Å². The summed E-state index contributed by atoms with van der Waals surface area (Å²) in [6, 6.07) is 3.47. The van der Waals surface area contributed by atoms with Gasteiger partial charge in [0.2, 0.25) is 5.78 Å². The van der Waals surface area contributed by atoms with Gasteiger partial charge in [-0.25, -0.2) is 0 Å². The van der Waals surface area contributed by atoms with Gasteiger partial charge in [0.1, 0.15) is 5.76 Å². The van der Waals surface area contributed by atoms with Crippen molar-refractivity contribution >= 4 is 21.7 Å². The summed E-state index contributed by atoms with van der Waals surface area (Å²) in [4.78, 5) is 11.0. The molecule has 1 heterocycles. The van der Waals surface area contributed by atoms with Crippen LogP contribution in [-0.4, -0.2) is 10.6 Å². The molecule has 1 atom stereocenters. The number of ketones is 1. The third kappa shape index (κ3) is 1.93. The van der Waals surface area contributed by atoms with Crippen LogP contribution in [0.1, 0.15) is 23.2 Å². The molecule has 0 aliphatic carbocycles. The number of alkyl halides is 1. The van der Waals surface area contributed by atoms with Crippen molar-refractivity contribution in [3.05, 3.63) is 23.7 Å². The van der Waals surface area contributed by atoms with E-state index in [0.717, 1.165) is 5.76 Å². The zero-order valence-electron chi connectivity index (χ0n) is 6.43. The normalized spacial score (nSPS) is 13.0. The summed E-state index contributed by atoms with van der Waals surface area (Å²) >= 11 is 3.18. The van der Waals surface area contributed by atoms with Gasteiger partial charge in [-0.3, -0.25) is 4.79 Å². The van der Waals surface area contributed by atoms with E-state index < -0.39 is 0 Å². The first-order valence-corrected chi connectivity index (χ1v) is 4.27. The number of carbonyl (C=O) groups excluding carboxylic acids is 1. The molecule has 0 radical (unpaired) electrons. The molecular formula is C8H9BrO2. The van der Waals surface area contributed by atoms with E-state index in [-0.39, 0.29) is 10.6 Å². The predicted octanol–water partition coefficient (Wildman–Crippen LogP) is 2.55. The lowest BCUT2D eigenvalue weighted by Gasteiger charge is -1.96. The van der Waals surface area contributed by atoms with Crippen molar-refractivity contribution in [1.29, 1.82) is 0 Å². The third-order valence-electron chi connectivity index (χ3n) is 1.34. The second kappa shape index (κ2) is 3.22. The maximum Gasteiger partial charge on any atom is 0.211 e. The summed E-state index contributed by atoms with van der Waals surface area (Å²) in [5.74, 6) is 1.17. The molecule has 0 bridgehead atoms. The average Bonchev–Trinajstić information content (AvgIpc) is 2.34. The van der Waals surface area contributed by atoms with Crippen molar-refractivity contribution in [2.45, 2.75) is 18.7 Å². The molecule has 0 aliphatic rings. The zero-order chi connectivity index (χ0) is 8.43. The van der Waals surface area contributed by atoms with Gasteiger partial charge < -0.3 is 4.42 Å². The molecule has 0 aromatic carbocycles. The molecule has 1 unspecified atom stereocenters. The lowest BCUT2D eigenvalue weighted by molar-refractivity contribution is 0.0968. The highest BCUT2D eigenvalue weighted by molar-refractivity contribution is 9.10. The zero-order valence-corrected chi connectivity index (χ0v) is 8.01. The first-order chi connectivity index (χ1) is 5.11. The van der Waals surface area contributed by atoms with Crippen LogP contribution in [0, 0.1) is 6.92 Å². The number of halogens is 1. The lowest BCUT2D eigenvalue weighted by atomic mass is 10.2. The second-order valence-electron chi connectivity index (χ2n) is 2.39. The second-order valence-corrected chi connectivity index (χ2v) is 3.76. The number of aryl methyl sites for hydroxylation is 1. The maximum atomic E-state index is 11.2. The Morgan fingerprint density at radius 2 is 2.27 bits per heavy atom. The van der Waals surface area contributed by atoms with E-state index in [2.05, 4.69) is 15.9 Å². The fraction of sp³-hybridized carbons (Fsp3) is 0.375. The predicted molar refractivity (Wildman–Crippen MR) is 46.2 cm³/mol. The molecule has 1 rings (SSSR count). The van der Waals surface area contributed by atoms with Crippen LogP contribution in [0.15, 0.2) is 16.5 Å². The van der Waals surface area contributed by atoms with Gasteiger partial charge in [0.15, 0.2) is 5.76 Å². The Balaban J connectivity index is 2.85. The van der Waals surface area contributed by atoms with Crippen molar-refractivity contribution in [3.8, 4) is 0 Å². The number of furan rings is 1. The first-order valence-electron chi connectivity index (χ1n) is 3.36. The highest BCUT2D eigenvalue weighted by atomic mass is 79.9. The van der Waals surface area contributed by atoms with Gasteiger partial charge in [-0.2, -0.15) is 0 Å². The van der Waals surface area contributed by atoms with Gasteiger partial charge in [0.25, 0.3) is 0 Å². The largest absolute Gasteiger partial charge is 0.458 e. The van der Waals surface area contributed by atoms with Gasteiger partial charge in [-0.1, -0.05) is 15.9 Å². The Bertz CT molecular complexity index is 263. The van der Waals surface area contributed by atoms with E-state index in [1.807, 2.05) is 6.92 Å². The van der Waals surface area contributed by atoms with E-state index in [1.54, 1.807) is 19.1 Å². The van der Waals surface area contributed by atoms with E-state index in [9.17, 15) is 4.79 Å². The van der Waals surface area contributed by atoms with Gasteiger partial charge in [-0.05, 0) is 26.0 Å². The molecule has 0 amide bonds. The smallest absolute Gasteiger partial charge is 0.211 e. The van der Waals surface area contributed by atoms with Crippen LogP contribution in [0.2, 0.25) is 0 Å². The van der Waals surface area contributed by atoms with Crippen molar-refractivity contribution < 1.29 is 9.21 Å². The molecule has 11 heavy (non-hydrogen) atoms. The van der Waals surface area contributed by atoms with Crippen LogP contribution in [0.5, 0.6) is 0 Å². The summed E-state index contributed by atoms with van der Waals surface area (Å²) in [6.45, 7) is 3.59. The quantitative estimate of drug-likeness (QED) is 0.562. The summed E-state index contributed by atoms with van der Waals surface area (Å²) in [7, 11) is 0. The number of carbonyl (C=O) groups is 1. The lowest BCUT2D eigenvalue weighted by Crippen LogP contribution is -2.08. The highest BCUT2D eigenvalue weighted by Crippen LogP contribution is 2.12. The molecule has 1 aromatic heterocycles. The van der Waals surface area contributed by atoms with Gasteiger partial charge >= 0.3 is 0 Å². The van der Waals surface area contributed by atoms with Crippen LogP contribution in [0.4, 0.5) is 0 Å². The SMILES string of the molecule is Cc1ccc(C(=O)C(C)Br)o1. The number of rotatable bonds is 2. The summed E-state index contributed by atoms with van der Waals surface area (Å²) < 4.78 is 5.13. The summed E-state index contributed by atoms with van der Waals surface area (Å²) in [5, 5.41) is 0. The minimum Gasteiger partial charge on any atom is -0.458 e. The highest BCUT2D eigenvalue weighted by Gasteiger charge is 2.14. The molecule has 0 saturated heterocycles. The molecule has 0 fully saturated rings. The Labute approximate surface area is 73.7 Å². The standard InChI is InChI=1S/C8H9BrO2/c1-5-3-4-7(11-5)8(10)6(2)9/h3-4,6H,1-2H3. The van der Waals surface area contributed by atoms with Crippen LogP contribution >= 0.6 is 15.9 Å². The van der Waals surface area contributed by atoms with Gasteiger partial charge in [-0.15, -0.1) is 0 Å². The third-order valence-corrected chi connectivity index (χ3v) is 1.76. The summed E-state index contributed by atoms with van der Waals surface area (Å²) in [5.41, 5.74) is 0. The minimum atomic E-state index is -0.173. The Kier molecular flexibility index (Phi) is 2.49. The van der Waals surface area contributed by atoms with Gasteiger partial charge in [0.05, 0.1) is 4.83 Å². The maximum absolute atomic E-state index is 11.2. The van der Waals surface area contributed by atoms with E-state index in [0.29, 0.717) is 5.76 Å². The molecule has 1 aromatic rings. The molecule has 0 saturated carbocycles. The van der Waals surface area contributed by atoms with Crippen molar-refractivity contribution in [1.82, 2.24) is 0 Å². The van der Waals surface area contributed by atoms with Crippen LogP contribution in [0.25, 0.3) is 0 Å². The molecule has 3 heteroatoms. The average molecular weight is 217 g/mol. The van der Waals surface area contributed by atoms with E-state index >= 15 is 0 Å². The molecule has 0 aliphatic heterocycles. The monoisotopic (exact) mass is 216 g/mol. The number of hydrogen-bond acceptors (Lipinski definition) is 2. The van der Waals surface area contributed by atoms with Crippen LogP contribution in [-0.2, 0) is 0 Å². The van der Waals surface area contributed by atoms with Crippen molar-refractivity contribution in [2.24, 2.45) is 0 Å². The van der Waals surface area contributed by atoms with Crippen LogP contribution < -0.4 is 0 Å². The Morgan fingerprint density at radius 1 is 1.64 bits per heavy atom. The summed E-state index contributed by atoms with van der Waals surface area (Å²) in [6.07, 6.45) is 0. The topological polar surface area (TPSA) is 30.2 Å². The fourth-order valence-electron chi connectivity index (χ4n) is 0.763. The first kappa shape index (κ1) is 8.53.